The van der Waals surface area contributed by atoms with Crippen molar-refractivity contribution < 1.29 is 4.79 Å². The molecule has 1 N–H and O–H groups in total. The molecule has 0 heterocycles. The van der Waals surface area contributed by atoms with Gasteiger partial charge in [-0.05, 0) is 37.6 Å². The van der Waals surface area contributed by atoms with Crippen LogP contribution >= 0.6 is 11.6 Å². The van der Waals surface area contributed by atoms with Gasteiger partial charge < -0.3 is 5.32 Å². The first-order valence-electron chi connectivity index (χ1n) is 5.71. The van der Waals surface area contributed by atoms with Crippen LogP contribution in [0.5, 0.6) is 0 Å². The van der Waals surface area contributed by atoms with E-state index in [0.717, 1.165) is 11.1 Å². The Hall–Kier alpha value is -1.80. The van der Waals surface area contributed by atoms with Gasteiger partial charge in [-0.3, -0.25) is 4.79 Å². The second-order valence-electron chi connectivity index (χ2n) is 4.26. The molecular weight excluding hydrogens is 246 g/mol. The Kier molecular flexibility index (Phi) is 3.68. The average Bonchev–Trinajstić information content (AvgIpc) is 2.34. The van der Waals surface area contributed by atoms with E-state index >= 15 is 0 Å². The van der Waals surface area contributed by atoms with Gasteiger partial charge in [0.2, 0.25) is 0 Å². The van der Waals surface area contributed by atoms with E-state index < -0.39 is 0 Å². The molecule has 0 fully saturated rings. The van der Waals surface area contributed by atoms with Crippen LogP contribution in [0.3, 0.4) is 0 Å². The fourth-order valence-corrected chi connectivity index (χ4v) is 2.03. The molecule has 0 aliphatic heterocycles. The lowest BCUT2D eigenvalue weighted by Gasteiger charge is -2.10. The third kappa shape index (κ3) is 2.71. The first-order valence-corrected chi connectivity index (χ1v) is 6.09. The average molecular weight is 260 g/mol. The maximum absolute atomic E-state index is 12.1. The highest BCUT2D eigenvalue weighted by molar-refractivity contribution is 6.34. The highest BCUT2D eigenvalue weighted by Gasteiger charge is 2.10. The molecule has 18 heavy (non-hydrogen) atoms. The highest BCUT2D eigenvalue weighted by Crippen LogP contribution is 2.25. The number of nitrogens with one attached hydrogen (secondary N) is 1. The van der Waals surface area contributed by atoms with Crippen molar-refractivity contribution in [2.75, 3.05) is 5.32 Å². The van der Waals surface area contributed by atoms with Gasteiger partial charge in [0, 0.05) is 5.56 Å². The van der Waals surface area contributed by atoms with Crippen molar-refractivity contribution in [3.63, 3.8) is 0 Å². The standard InChI is InChI=1S/C15H14ClNO/c1-10-5-3-7-12(9-10)15(18)17-14-11(2)6-4-8-13(14)16/h3-9H,1-2H3,(H,17,18). The Morgan fingerprint density at radius 2 is 1.83 bits per heavy atom. The molecule has 92 valence electrons. The summed E-state index contributed by atoms with van der Waals surface area (Å²) in [5.74, 6) is -0.144. The molecule has 0 saturated heterocycles. The Morgan fingerprint density at radius 3 is 2.50 bits per heavy atom. The topological polar surface area (TPSA) is 29.1 Å². The van der Waals surface area contributed by atoms with Crippen LogP contribution in [0.2, 0.25) is 5.02 Å². The molecule has 1 amide bonds. The fourth-order valence-electron chi connectivity index (χ4n) is 1.76. The van der Waals surface area contributed by atoms with E-state index in [0.29, 0.717) is 16.3 Å². The van der Waals surface area contributed by atoms with Gasteiger partial charge in [0.05, 0.1) is 10.7 Å². The number of benzene rings is 2. The lowest BCUT2D eigenvalue weighted by molar-refractivity contribution is 0.102. The van der Waals surface area contributed by atoms with E-state index in [1.54, 1.807) is 12.1 Å². The number of carbonyl (C=O) groups is 1. The van der Waals surface area contributed by atoms with Crippen LogP contribution in [0.25, 0.3) is 0 Å². The first kappa shape index (κ1) is 12.7. The minimum absolute atomic E-state index is 0.144. The number of rotatable bonds is 2. The van der Waals surface area contributed by atoms with Gasteiger partial charge in [-0.25, -0.2) is 0 Å². The molecular formula is C15H14ClNO. The van der Waals surface area contributed by atoms with Crippen LogP contribution in [-0.2, 0) is 0 Å². The Balaban J connectivity index is 2.27. The Morgan fingerprint density at radius 1 is 1.11 bits per heavy atom. The van der Waals surface area contributed by atoms with Crippen LogP contribution in [0.15, 0.2) is 42.5 Å². The molecule has 0 aromatic heterocycles. The lowest BCUT2D eigenvalue weighted by atomic mass is 10.1. The lowest BCUT2D eigenvalue weighted by Crippen LogP contribution is -2.13. The molecule has 2 aromatic carbocycles. The summed E-state index contributed by atoms with van der Waals surface area (Å²) in [5.41, 5.74) is 3.31. The van der Waals surface area contributed by atoms with E-state index in [-0.39, 0.29) is 5.91 Å². The molecule has 0 aliphatic rings. The molecule has 3 heteroatoms. The van der Waals surface area contributed by atoms with Crippen molar-refractivity contribution in [3.8, 4) is 0 Å². The molecule has 0 aliphatic carbocycles. The molecule has 0 spiro atoms. The van der Waals surface area contributed by atoms with Crippen molar-refractivity contribution in [3.05, 3.63) is 64.2 Å². The van der Waals surface area contributed by atoms with Crippen LogP contribution in [0.4, 0.5) is 5.69 Å². The van der Waals surface area contributed by atoms with Crippen molar-refractivity contribution >= 4 is 23.2 Å². The predicted octanol–water partition coefficient (Wildman–Crippen LogP) is 4.21. The summed E-state index contributed by atoms with van der Waals surface area (Å²) in [6.07, 6.45) is 0. The first-order chi connectivity index (χ1) is 8.58. The van der Waals surface area contributed by atoms with Gasteiger partial charge >= 0.3 is 0 Å². The van der Waals surface area contributed by atoms with E-state index in [1.807, 2.05) is 44.2 Å². The predicted molar refractivity (Wildman–Crippen MR) is 75.3 cm³/mol. The smallest absolute Gasteiger partial charge is 0.255 e. The second kappa shape index (κ2) is 5.23. The minimum atomic E-state index is -0.144. The number of hydrogen-bond acceptors (Lipinski definition) is 1. The summed E-state index contributed by atoms with van der Waals surface area (Å²) in [5, 5.41) is 3.40. The van der Waals surface area contributed by atoms with Gasteiger partial charge in [-0.15, -0.1) is 0 Å². The molecule has 0 bridgehead atoms. The van der Waals surface area contributed by atoms with Gasteiger partial charge in [0.1, 0.15) is 0 Å². The monoisotopic (exact) mass is 259 g/mol. The minimum Gasteiger partial charge on any atom is -0.320 e. The van der Waals surface area contributed by atoms with Crippen molar-refractivity contribution in [1.29, 1.82) is 0 Å². The second-order valence-corrected chi connectivity index (χ2v) is 4.66. The van der Waals surface area contributed by atoms with E-state index in [2.05, 4.69) is 5.32 Å². The van der Waals surface area contributed by atoms with E-state index in [1.165, 1.54) is 0 Å². The summed E-state index contributed by atoms with van der Waals surface area (Å²) in [6.45, 7) is 3.87. The molecule has 0 saturated carbocycles. The summed E-state index contributed by atoms with van der Waals surface area (Å²) in [4.78, 5) is 12.1. The summed E-state index contributed by atoms with van der Waals surface area (Å²) < 4.78 is 0. The molecule has 2 rings (SSSR count). The number of aryl methyl sites for hydroxylation is 2. The van der Waals surface area contributed by atoms with Crippen LogP contribution in [0, 0.1) is 13.8 Å². The molecule has 0 radical (unpaired) electrons. The number of anilines is 1. The van der Waals surface area contributed by atoms with Crippen LogP contribution < -0.4 is 5.32 Å². The van der Waals surface area contributed by atoms with Gasteiger partial charge in [-0.1, -0.05) is 41.4 Å². The summed E-state index contributed by atoms with van der Waals surface area (Å²) >= 11 is 6.08. The van der Waals surface area contributed by atoms with E-state index in [9.17, 15) is 4.79 Å². The quantitative estimate of drug-likeness (QED) is 0.860. The van der Waals surface area contributed by atoms with E-state index in [4.69, 9.17) is 11.6 Å². The summed E-state index contributed by atoms with van der Waals surface area (Å²) in [7, 11) is 0. The van der Waals surface area contributed by atoms with Crippen LogP contribution in [-0.4, -0.2) is 5.91 Å². The number of carbonyl (C=O) groups excluding carboxylic acids is 1. The Bertz CT molecular complexity index is 573. The molecule has 0 atom stereocenters. The zero-order chi connectivity index (χ0) is 13.1. The number of hydrogen-bond donors (Lipinski definition) is 1. The van der Waals surface area contributed by atoms with Crippen molar-refractivity contribution in [2.45, 2.75) is 13.8 Å². The fraction of sp³-hybridized carbons (Fsp3) is 0.133. The molecule has 2 nitrogen and oxygen atoms in total. The summed E-state index contributed by atoms with van der Waals surface area (Å²) in [6, 6.07) is 13.0. The highest BCUT2D eigenvalue weighted by atomic mass is 35.5. The number of para-hydroxylation sites is 1. The SMILES string of the molecule is Cc1cccc(C(=O)Nc2c(C)cccc2Cl)c1. The van der Waals surface area contributed by atoms with Crippen molar-refractivity contribution in [1.82, 2.24) is 0 Å². The molecule has 0 unspecified atom stereocenters. The maximum Gasteiger partial charge on any atom is 0.255 e. The zero-order valence-electron chi connectivity index (χ0n) is 10.3. The Labute approximate surface area is 112 Å². The third-order valence-corrected chi connectivity index (χ3v) is 3.06. The number of halogens is 1. The number of amides is 1. The van der Waals surface area contributed by atoms with Gasteiger partial charge in [0.15, 0.2) is 0 Å². The van der Waals surface area contributed by atoms with Gasteiger partial charge in [-0.2, -0.15) is 0 Å². The van der Waals surface area contributed by atoms with Gasteiger partial charge in [0.25, 0.3) is 5.91 Å². The normalized spacial score (nSPS) is 10.2. The third-order valence-electron chi connectivity index (χ3n) is 2.74. The molecule has 2 aromatic rings. The van der Waals surface area contributed by atoms with Crippen LogP contribution in [0.1, 0.15) is 21.5 Å². The largest absolute Gasteiger partial charge is 0.320 e. The zero-order valence-corrected chi connectivity index (χ0v) is 11.1. The van der Waals surface area contributed by atoms with Crippen molar-refractivity contribution in [2.24, 2.45) is 0 Å². The maximum atomic E-state index is 12.1.